The number of unbranched alkanes of at least 4 members (excludes halogenated alkanes) is 1. The van der Waals surface area contributed by atoms with Crippen LogP contribution in [0.2, 0.25) is 5.02 Å². The van der Waals surface area contributed by atoms with Crippen LogP contribution in [0.4, 0.5) is 5.69 Å². The van der Waals surface area contributed by atoms with Crippen molar-refractivity contribution in [3.05, 3.63) is 124 Å². The van der Waals surface area contributed by atoms with E-state index in [0.717, 1.165) is 74.9 Å². The van der Waals surface area contributed by atoms with E-state index in [1.54, 1.807) is 12.1 Å². The van der Waals surface area contributed by atoms with Crippen molar-refractivity contribution in [1.82, 2.24) is 10.3 Å². The molecule has 0 unspecified atom stereocenters. The molecule has 0 saturated heterocycles. The number of halogens is 1. The lowest BCUT2D eigenvalue weighted by atomic mass is 9.59. The predicted octanol–water partition coefficient (Wildman–Crippen LogP) is 9.85. The lowest BCUT2D eigenvalue weighted by molar-refractivity contribution is -0.144. The first-order valence-electron chi connectivity index (χ1n) is 20.6. The van der Waals surface area contributed by atoms with Gasteiger partial charge in [0, 0.05) is 34.7 Å². The Bertz CT molecular complexity index is 1910. The fraction of sp³-hybridized carbons (Fsp3) is 0.489. The molecule has 0 amide bonds. The maximum atomic E-state index is 13.0. The van der Waals surface area contributed by atoms with Gasteiger partial charge in [0.05, 0.1) is 12.7 Å². The van der Waals surface area contributed by atoms with E-state index >= 15 is 0 Å². The second-order valence-corrected chi connectivity index (χ2v) is 17.2. The van der Waals surface area contributed by atoms with Gasteiger partial charge in [-0.2, -0.15) is 0 Å². The second-order valence-electron chi connectivity index (χ2n) is 16.8. The first-order chi connectivity index (χ1) is 26.7. The molecule has 1 aromatic heterocycles. The number of nitrogens with one attached hydrogen (secondary N) is 2. The van der Waals surface area contributed by atoms with Crippen LogP contribution in [0.3, 0.4) is 0 Å². The molecule has 4 aromatic rings. The second kappa shape index (κ2) is 17.5. The SMILES string of the molecule is C[C@@H](COc1ccnc2c1[C@H](C)CCC2)C[C@H]1Cc2ccc([C@@H](O)CNCCCCc3ccccc3)cc2C12CCC(Nc1cccc(Cl)c1)(C(=O)O)CC2. The van der Waals surface area contributed by atoms with Crippen molar-refractivity contribution in [3.63, 3.8) is 0 Å². The number of aliphatic carboxylic acids is 1. The first kappa shape index (κ1) is 39.3. The van der Waals surface area contributed by atoms with Crippen LogP contribution in [-0.4, -0.2) is 46.4 Å². The monoisotopic (exact) mass is 763 g/mol. The summed E-state index contributed by atoms with van der Waals surface area (Å²) in [6.45, 7) is 6.56. The van der Waals surface area contributed by atoms with E-state index in [-0.39, 0.29) is 5.41 Å². The minimum absolute atomic E-state index is 0.191. The van der Waals surface area contributed by atoms with Gasteiger partial charge in [-0.05, 0) is 153 Å². The van der Waals surface area contributed by atoms with Crippen LogP contribution < -0.4 is 15.4 Å². The lowest BCUT2D eigenvalue weighted by Gasteiger charge is -2.47. The standard InChI is InChI=1S/C47H58ClN3O4/c1-32(31-55-43-19-25-50-41-16-8-10-33(2)44(41)43)26-37-27-35-17-18-36(42(52)30-49-24-7-6-13-34-11-4-3-5-12-34)28-40(35)46(37)20-22-47(23-21-46,45(53)54)51-39-15-9-14-38(48)29-39/h3-5,9,11-12,14-15,17-19,25,28-29,32-33,37,42,49,51-52H,6-8,10,13,16,20-24,26-27,30-31H2,1-2H3,(H,53,54)/t32-,33-,37+,42+,46?,47?/m1/s1. The zero-order valence-corrected chi connectivity index (χ0v) is 33.3. The molecule has 1 fully saturated rings. The summed E-state index contributed by atoms with van der Waals surface area (Å²) in [6, 6.07) is 26.5. The van der Waals surface area contributed by atoms with Gasteiger partial charge in [0.15, 0.2) is 0 Å². The van der Waals surface area contributed by atoms with Crippen LogP contribution >= 0.6 is 11.6 Å². The van der Waals surface area contributed by atoms with Gasteiger partial charge in [-0.1, -0.05) is 80.0 Å². The average molecular weight is 764 g/mol. The van der Waals surface area contributed by atoms with Crippen LogP contribution in [0, 0.1) is 11.8 Å². The van der Waals surface area contributed by atoms with Crippen molar-refractivity contribution in [1.29, 1.82) is 0 Å². The first-order valence-corrected chi connectivity index (χ1v) is 21.0. The third-order valence-corrected chi connectivity index (χ3v) is 13.2. The topological polar surface area (TPSA) is 104 Å². The Morgan fingerprint density at radius 1 is 1.02 bits per heavy atom. The van der Waals surface area contributed by atoms with Crippen molar-refractivity contribution < 1.29 is 19.7 Å². The Labute approximate surface area is 332 Å². The van der Waals surface area contributed by atoms with Gasteiger partial charge in [0.25, 0.3) is 0 Å². The normalized spacial score (nSPS) is 24.1. The van der Waals surface area contributed by atoms with Gasteiger partial charge in [0.2, 0.25) is 0 Å². The van der Waals surface area contributed by atoms with Crippen molar-refractivity contribution in [2.24, 2.45) is 11.8 Å². The average Bonchev–Trinajstić information content (AvgIpc) is 3.47. The third-order valence-electron chi connectivity index (χ3n) is 13.0. The summed E-state index contributed by atoms with van der Waals surface area (Å²) < 4.78 is 6.60. The van der Waals surface area contributed by atoms with Crippen LogP contribution in [0.1, 0.15) is 117 Å². The maximum absolute atomic E-state index is 13.0. The minimum atomic E-state index is -1.09. The molecule has 0 aliphatic heterocycles. The number of benzene rings is 3. The molecule has 292 valence electrons. The molecule has 0 bridgehead atoms. The highest BCUT2D eigenvalue weighted by atomic mass is 35.5. The summed E-state index contributed by atoms with van der Waals surface area (Å²) in [6.07, 6.45) is 12.2. The van der Waals surface area contributed by atoms with E-state index in [2.05, 4.69) is 78.0 Å². The van der Waals surface area contributed by atoms with Crippen molar-refractivity contribution in [3.8, 4) is 5.75 Å². The Morgan fingerprint density at radius 2 is 1.84 bits per heavy atom. The highest BCUT2D eigenvalue weighted by Gasteiger charge is 2.54. The molecule has 3 aliphatic rings. The summed E-state index contributed by atoms with van der Waals surface area (Å²) in [7, 11) is 0. The zero-order chi connectivity index (χ0) is 38.4. The van der Waals surface area contributed by atoms with Gasteiger partial charge >= 0.3 is 5.97 Å². The number of aliphatic hydroxyl groups is 1. The van der Waals surface area contributed by atoms with E-state index in [4.69, 9.17) is 16.3 Å². The molecule has 1 spiro atoms. The molecule has 55 heavy (non-hydrogen) atoms. The number of aliphatic hydroxyl groups excluding tert-OH is 1. The molecule has 1 saturated carbocycles. The smallest absolute Gasteiger partial charge is 0.329 e. The summed E-state index contributed by atoms with van der Waals surface area (Å²) in [5, 5.41) is 29.6. The molecule has 7 rings (SSSR count). The molecule has 1 heterocycles. The summed E-state index contributed by atoms with van der Waals surface area (Å²) in [5.74, 6) is 1.23. The van der Waals surface area contributed by atoms with Crippen molar-refractivity contribution >= 4 is 23.3 Å². The maximum Gasteiger partial charge on any atom is 0.329 e. The van der Waals surface area contributed by atoms with Gasteiger partial charge in [-0.3, -0.25) is 4.98 Å². The summed E-state index contributed by atoms with van der Waals surface area (Å²) in [4.78, 5) is 17.7. The van der Waals surface area contributed by atoms with E-state index in [1.807, 2.05) is 24.4 Å². The number of anilines is 1. The number of carbonyl (C=O) groups is 1. The molecule has 7 nitrogen and oxygen atoms in total. The predicted molar refractivity (Wildman–Crippen MR) is 221 cm³/mol. The van der Waals surface area contributed by atoms with Crippen molar-refractivity contribution in [2.75, 3.05) is 25.0 Å². The quantitative estimate of drug-likeness (QED) is 0.0843. The van der Waals surface area contributed by atoms with Gasteiger partial charge in [0.1, 0.15) is 11.3 Å². The minimum Gasteiger partial charge on any atom is -0.493 e. The molecule has 0 radical (unpaired) electrons. The molecule has 3 aliphatic carbocycles. The lowest BCUT2D eigenvalue weighted by Crippen LogP contribution is -2.53. The molecule has 8 heteroatoms. The Balaban J connectivity index is 1.06. The van der Waals surface area contributed by atoms with Gasteiger partial charge in [-0.25, -0.2) is 4.79 Å². The number of rotatable bonds is 16. The highest BCUT2D eigenvalue weighted by Crippen LogP contribution is 2.56. The number of carboxylic acid groups (broad SMARTS) is 1. The van der Waals surface area contributed by atoms with E-state index in [1.165, 1.54) is 40.8 Å². The largest absolute Gasteiger partial charge is 0.493 e. The number of hydrogen-bond acceptors (Lipinski definition) is 6. The molecule has 4 atom stereocenters. The number of fused-ring (bicyclic) bond motifs is 3. The Hall–Kier alpha value is -3.91. The highest BCUT2D eigenvalue weighted by molar-refractivity contribution is 6.30. The Morgan fingerprint density at radius 3 is 2.62 bits per heavy atom. The van der Waals surface area contributed by atoms with E-state index in [0.29, 0.717) is 48.8 Å². The molecular formula is C47H58ClN3O4. The number of carboxylic acids is 1. The van der Waals surface area contributed by atoms with E-state index in [9.17, 15) is 15.0 Å². The number of ether oxygens (including phenoxy) is 1. The van der Waals surface area contributed by atoms with Crippen LogP contribution in [-0.2, 0) is 29.5 Å². The number of pyridine rings is 1. The van der Waals surface area contributed by atoms with E-state index < -0.39 is 17.6 Å². The summed E-state index contributed by atoms with van der Waals surface area (Å²) in [5.41, 5.74) is 6.82. The van der Waals surface area contributed by atoms with Gasteiger partial charge in [-0.15, -0.1) is 0 Å². The van der Waals surface area contributed by atoms with Crippen LogP contribution in [0.5, 0.6) is 5.75 Å². The number of aryl methyl sites for hydroxylation is 2. The fourth-order valence-electron chi connectivity index (χ4n) is 9.90. The van der Waals surface area contributed by atoms with Crippen molar-refractivity contribution in [2.45, 2.75) is 114 Å². The van der Waals surface area contributed by atoms with Crippen LogP contribution in [0.15, 0.2) is 85.1 Å². The molecule has 4 N–H and O–H groups in total. The fourth-order valence-corrected chi connectivity index (χ4v) is 10.1. The number of nitrogens with zero attached hydrogens (tertiary/aromatic N) is 1. The number of hydrogen-bond donors (Lipinski definition) is 4. The molecular weight excluding hydrogens is 706 g/mol. The molecule has 3 aromatic carbocycles. The number of aromatic nitrogens is 1. The zero-order valence-electron chi connectivity index (χ0n) is 32.5. The third kappa shape index (κ3) is 8.90. The summed E-state index contributed by atoms with van der Waals surface area (Å²) >= 11 is 6.31. The Kier molecular flexibility index (Phi) is 12.5. The van der Waals surface area contributed by atoms with Crippen LogP contribution in [0.25, 0.3) is 0 Å². The van der Waals surface area contributed by atoms with Gasteiger partial charge < -0.3 is 25.6 Å².